The normalized spacial score (nSPS) is 21.7. The Bertz CT molecular complexity index is 516. The van der Waals surface area contributed by atoms with Crippen LogP contribution in [0.1, 0.15) is 30.7 Å². The van der Waals surface area contributed by atoms with Gasteiger partial charge < -0.3 is 9.63 Å². The number of aliphatic hydroxyl groups is 1. The van der Waals surface area contributed by atoms with Gasteiger partial charge in [-0.05, 0) is 39.0 Å². The van der Waals surface area contributed by atoms with Crippen LogP contribution < -0.4 is 0 Å². The van der Waals surface area contributed by atoms with Crippen molar-refractivity contribution in [1.29, 1.82) is 0 Å². The second-order valence-electron chi connectivity index (χ2n) is 5.04. The summed E-state index contributed by atoms with van der Waals surface area (Å²) in [5.74, 6) is 0.566. The van der Waals surface area contributed by atoms with Crippen molar-refractivity contribution in [3.63, 3.8) is 0 Å². The van der Waals surface area contributed by atoms with Crippen LogP contribution in [0.3, 0.4) is 0 Å². The van der Waals surface area contributed by atoms with Gasteiger partial charge >= 0.3 is 0 Å². The molecule has 2 rings (SSSR count). The first kappa shape index (κ1) is 14.5. The highest BCUT2D eigenvalue weighted by atomic mass is 32.2. The van der Waals surface area contributed by atoms with Crippen molar-refractivity contribution >= 4 is 10.0 Å². The molecule has 6 nitrogen and oxygen atoms in total. The minimum Gasteiger partial charge on any atom is -0.396 e. The van der Waals surface area contributed by atoms with Crippen molar-refractivity contribution in [3.05, 3.63) is 11.5 Å². The molecule has 0 aromatic carbocycles. The fourth-order valence-electron chi connectivity index (χ4n) is 2.64. The Balaban J connectivity index is 2.25. The number of aryl methyl sites for hydroxylation is 2. The molecule has 1 atom stereocenters. The Labute approximate surface area is 113 Å². The first-order valence-corrected chi connectivity index (χ1v) is 7.94. The Morgan fingerprint density at radius 1 is 1.47 bits per heavy atom. The third-order valence-corrected chi connectivity index (χ3v) is 5.70. The van der Waals surface area contributed by atoms with Crippen LogP contribution in [0.25, 0.3) is 0 Å². The highest BCUT2D eigenvalue weighted by Crippen LogP contribution is 2.28. The van der Waals surface area contributed by atoms with E-state index in [0.717, 1.165) is 12.8 Å². The first-order chi connectivity index (χ1) is 8.96. The van der Waals surface area contributed by atoms with Crippen LogP contribution in [0.4, 0.5) is 0 Å². The summed E-state index contributed by atoms with van der Waals surface area (Å²) in [5, 5.41) is 12.7. The number of hydrogen-bond acceptors (Lipinski definition) is 5. The van der Waals surface area contributed by atoms with Gasteiger partial charge in [-0.2, -0.15) is 4.31 Å². The van der Waals surface area contributed by atoms with Crippen molar-refractivity contribution in [1.82, 2.24) is 9.46 Å². The molecule has 1 saturated heterocycles. The molecule has 1 unspecified atom stereocenters. The van der Waals surface area contributed by atoms with E-state index in [0.29, 0.717) is 31.0 Å². The smallest absolute Gasteiger partial charge is 0.248 e. The Kier molecular flexibility index (Phi) is 4.27. The molecule has 1 aliphatic rings. The monoisotopic (exact) mass is 288 g/mol. The van der Waals surface area contributed by atoms with Gasteiger partial charge in [0.2, 0.25) is 10.0 Å². The fraction of sp³-hybridized carbons (Fsp3) is 0.750. The Hall–Kier alpha value is -0.920. The molecule has 0 bridgehead atoms. The molecular formula is C12H20N2O4S. The van der Waals surface area contributed by atoms with Crippen molar-refractivity contribution < 1.29 is 18.0 Å². The van der Waals surface area contributed by atoms with Gasteiger partial charge in [0, 0.05) is 19.7 Å². The van der Waals surface area contributed by atoms with Crippen LogP contribution >= 0.6 is 0 Å². The van der Waals surface area contributed by atoms with Gasteiger partial charge in [0.15, 0.2) is 5.76 Å². The van der Waals surface area contributed by atoms with Gasteiger partial charge in [-0.15, -0.1) is 0 Å². The number of rotatable bonds is 4. The summed E-state index contributed by atoms with van der Waals surface area (Å²) in [7, 11) is -3.54. The molecule has 1 aromatic rings. The molecule has 1 N–H and O–H groups in total. The molecule has 108 valence electrons. The maximum atomic E-state index is 12.6. The summed E-state index contributed by atoms with van der Waals surface area (Å²) in [5.41, 5.74) is 0.404. The molecular weight excluding hydrogens is 268 g/mol. The van der Waals surface area contributed by atoms with Gasteiger partial charge in [-0.25, -0.2) is 8.42 Å². The predicted octanol–water partition coefficient (Wildman–Crippen LogP) is 1.07. The largest absolute Gasteiger partial charge is 0.396 e. The zero-order valence-electron chi connectivity index (χ0n) is 11.3. The predicted molar refractivity (Wildman–Crippen MR) is 69.2 cm³/mol. The SMILES string of the molecule is Cc1noc(C)c1S(=O)(=O)N1CCCC(CCO)C1. The molecule has 0 amide bonds. The maximum absolute atomic E-state index is 12.6. The average Bonchev–Trinajstić information content (AvgIpc) is 2.70. The lowest BCUT2D eigenvalue weighted by Gasteiger charge is -2.31. The van der Waals surface area contributed by atoms with Crippen molar-refractivity contribution in [2.24, 2.45) is 5.92 Å². The summed E-state index contributed by atoms with van der Waals surface area (Å²) in [6, 6.07) is 0. The van der Waals surface area contributed by atoms with Gasteiger partial charge in [-0.3, -0.25) is 0 Å². The number of aromatic nitrogens is 1. The zero-order valence-corrected chi connectivity index (χ0v) is 12.1. The second kappa shape index (κ2) is 5.60. The molecule has 0 spiro atoms. The molecule has 2 heterocycles. The summed E-state index contributed by atoms with van der Waals surface area (Å²) < 4.78 is 31.6. The van der Waals surface area contributed by atoms with E-state index in [-0.39, 0.29) is 17.4 Å². The topological polar surface area (TPSA) is 83.6 Å². The fourth-order valence-corrected chi connectivity index (χ4v) is 4.48. The van der Waals surface area contributed by atoms with Crippen molar-refractivity contribution in [2.45, 2.75) is 38.0 Å². The van der Waals surface area contributed by atoms with E-state index in [1.165, 1.54) is 4.31 Å². The molecule has 1 fully saturated rings. The van der Waals surface area contributed by atoms with Gasteiger partial charge in [0.1, 0.15) is 10.6 Å². The number of aliphatic hydroxyl groups excluding tert-OH is 1. The molecule has 7 heteroatoms. The molecule has 0 saturated carbocycles. The van der Waals surface area contributed by atoms with Crippen LogP contribution in [-0.4, -0.2) is 42.7 Å². The van der Waals surface area contributed by atoms with E-state index in [1.54, 1.807) is 13.8 Å². The Morgan fingerprint density at radius 3 is 2.79 bits per heavy atom. The highest BCUT2D eigenvalue weighted by Gasteiger charge is 2.34. The minimum atomic E-state index is -3.54. The lowest BCUT2D eigenvalue weighted by molar-refractivity contribution is 0.202. The molecule has 19 heavy (non-hydrogen) atoms. The van der Waals surface area contributed by atoms with Gasteiger partial charge in [0.05, 0.1) is 0 Å². The summed E-state index contributed by atoms with van der Waals surface area (Å²) in [4.78, 5) is 0.192. The van der Waals surface area contributed by atoms with E-state index >= 15 is 0 Å². The van der Waals surface area contributed by atoms with E-state index in [4.69, 9.17) is 9.63 Å². The molecule has 0 aliphatic carbocycles. The van der Waals surface area contributed by atoms with Crippen LogP contribution in [0, 0.1) is 19.8 Å². The van der Waals surface area contributed by atoms with E-state index in [1.807, 2.05) is 0 Å². The summed E-state index contributed by atoms with van der Waals surface area (Å²) >= 11 is 0. The number of piperidine rings is 1. The molecule has 1 aliphatic heterocycles. The minimum absolute atomic E-state index is 0.101. The van der Waals surface area contributed by atoms with Crippen LogP contribution in [0.15, 0.2) is 9.42 Å². The Morgan fingerprint density at radius 2 is 2.21 bits per heavy atom. The molecule has 0 radical (unpaired) electrons. The number of nitrogens with zero attached hydrogens (tertiary/aromatic N) is 2. The zero-order chi connectivity index (χ0) is 14.0. The average molecular weight is 288 g/mol. The second-order valence-corrected chi connectivity index (χ2v) is 6.91. The number of hydrogen-bond donors (Lipinski definition) is 1. The van der Waals surface area contributed by atoms with E-state index in [9.17, 15) is 8.42 Å². The van der Waals surface area contributed by atoms with Gasteiger partial charge in [-0.1, -0.05) is 5.16 Å². The molecule has 1 aromatic heterocycles. The van der Waals surface area contributed by atoms with Crippen LogP contribution in [0.2, 0.25) is 0 Å². The van der Waals surface area contributed by atoms with Crippen LogP contribution in [0.5, 0.6) is 0 Å². The highest BCUT2D eigenvalue weighted by molar-refractivity contribution is 7.89. The summed E-state index contributed by atoms with van der Waals surface area (Å²) in [6.45, 7) is 4.34. The van der Waals surface area contributed by atoms with E-state index in [2.05, 4.69) is 5.16 Å². The maximum Gasteiger partial charge on any atom is 0.248 e. The lowest BCUT2D eigenvalue weighted by Crippen LogP contribution is -2.40. The van der Waals surface area contributed by atoms with E-state index < -0.39 is 10.0 Å². The third-order valence-electron chi connectivity index (χ3n) is 3.58. The standard InChI is InChI=1S/C12H20N2O4S/c1-9-12(10(2)18-13-9)19(16,17)14-6-3-4-11(8-14)5-7-15/h11,15H,3-8H2,1-2H3. The lowest BCUT2D eigenvalue weighted by atomic mass is 9.97. The van der Waals surface area contributed by atoms with Crippen molar-refractivity contribution in [3.8, 4) is 0 Å². The quantitative estimate of drug-likeness (QED) is 0.896. The van der Waals surface area contributed by atoms with Crippen molar-refractivity contribution in [2.75, 3.05) is 19.7 Å². The van der Waals surface area contributed by atoms with Crippen LogP contribution in [-0.2, 0) is 10.0 Å². The third kappa shape index (κ3) is 2.82. The number of sulfonamides is 1. The van der Waals surface area contributed by atoms with Gasteiger partial charge in [0.25, 0.3) is 0 Å². The summed E-state index contributed by atoms with van der Waals surface area (Å²) in [6.07, 6.45) is 2.44. The first-order valence-electron chi connectivity index (χ1n) is 6.50.